The zero-order valence-corrected chi connectivity index (χ0v) is 29.4. The minimum atomic E-state index is -4.02. The Morgan fingerprint density at radius 1 is 1.02 bits per heavy atom. The van der Waals surface area contributed by atoms with Crippen LogP contribution >= 0.6 is 0 Å². The van der Waals surface area contributed by atoms with Crippen molar-refractivity contribution in [2.24, 2.45) is 11.7 Å². The van der Waals surface area contributed by atoms with Crippen molar-refractivity contribution < 1.29 is 31.0 Å². The number of aromatic nitrogens is 4. The highest BCUT2D eigenvalue weighted by Gasteiger charge is 2.31. The summed E-state index contributed by atoms with van der Waals surface area (Å²) in [5, 5.41) is 4.07. The van der Waals surface area contributed by atoms with Crippen LogP contribution in [0.5, 0.6) is 5.75 Å². The molecule has 4 aromatic rings. The minimum Gasteiger partial charge on any atom is -0.490 e. The summed E-state index contributed by atoms with van der Waals surface area (Å²) in [4.78, 5) is 17.5. The van der Waals surface area contributed by atoms with Crippen LogP contribution in [0.1, 0.15) is 74.7 Å². The molecule has 270 valence electrons. The molecule has 0 bridgehead atoms. The Bertz CT molecular complexity index is 1780. The third-order valence-corrected chi connectivity index (χ3v) is 9.96. The van der Waals surface area contributed by atoms with E-state index in [0.717, 1.165) is 62.3 Å². The van der Waals surface area contributed by atoms with Crippen molar-refractivity contribution in [2.75, 3.05) is 42.6 Å². The van der Waals surface area contributed by atoms with Gasteiger partial charge in [0.05, 0.1) is 23.9 Å². The van der Waals surface area contributed by atoms with Gasteiger partial charge in [-0.3, -0.25) is 4.55 Å². The van der Waals surface area contributed by atoms with Gasteiger partial charge in [-0.1, -0.05) is 36.7 Å². The molecule has 2 aromatic heterocycles. The summed E-state index contributed by atoms with van der Waals surface area (Å²) in [7, 11) is -4.02. The molecule has 0 radical (unpaired) electrons. The molecule has 3 N–H and O–H groups in total. The van der Waals surface area contributed by atoms with Gasteiger partial charge in [-0.15, -0.1) is 0 Å². The van der Waals surface area contributed by atoms with Gasteiger partial charge in [0, 0.05) is 44.1 Å². The first kappa shape index (κ1) is 37.1. The molecular weight excluding hydrogens is 668 g/mol. The first-order valence-electron chi connectivity index (χ1n) is 16.9. The number of nitrogens with two attached hydrogens (primary N) is 1. The zero-order valence-electron chi connectivity index (χ0n) is 28.6. The quantitative estimate of drug-likeness (QED) is 0.148. The van der Waals surface area contributed by atoms with Crippen LogP contribution in [0.15, 0.2) is 64.3 Å². The molecule has 0 aliphatic carbocycles. The van der Waals surface area contributed by atoms with E-state index in [1.165, 1.54) is 18.2 Å². The van der Waals surface area contributed by atoms with Gasteiger partial charge in [-0.05, 0) is 80.8 Å². The first-order valence-corrected chi connectivity index (χ1v) is 18.3. The predicted octanol–water partition coefficient (Wildman–Crippen LogP) is 5.90. The fraction of sp³-hybridized carbons (Fsp3) is 0.486. The van der Waals surface area contributed by atoms with Gasteiger partial charge in [0.1, 0.15) is 11.6 Å². The van der Waals surface area contributed by atoms with E-state index in [2.05, 4.69) is 38.9 Å². The molecule has 2 aliphatic rings. The minimum absolute atomic E-state index is 0.0666. The van der Waals surface area contributed by atoms with E-state index in [1.54, 1.807) is 24.5 Å². The van der Waals surface area contributed by atoms with Crippen LogP contribution in [0.3, 0.4) is 0 Å². The number of benzene rings is 2. The largest absolute Gasteiger partial charge is 0.490 e. The lowest BCUT2D eigenvalue weighted by Gasteiger charge is -2.37. The van der Waals surface area contributed by atoms with E-state index < -0.39 is 21.8 Å². The molecule has 6 rings (SSSR count). The molecule has 0 saturated carbocycles. The van der Waals surface area contributed by atoms with Crippen molar-refractivity contribution in [3.05, 3.63) is 83.4 Å². The number of hydrogen-bond donors (Lipinski definition) is 2. The summed E-state index contributed by atoms with van der Waals surface area (Å²) in [6.45, 7) is 9.50. The van der Waals surface area contributed by atoms with E-state index in [-0.39, 0.29) is 22.8 Å². The number of halogens is 2. The molecule has 12 nitrogen and oxygen atoms in total. The number of nitrogens with zero attached hydrogens (tertiary/aromatic N) is 6. The van der Waals surface area contributed by atoms with Crippen LogP contribution < -0.4 is 20.3 Å². The molecule has 0 unspecified atom stereocenters. The van der Waals surface area contributed by atoms with E-state index in [0.29, 0.717) is 55.3 Å². The lowest BCUT2D eigenvalue weighted by molar-refractivity contribution is 0.275. The highest BCUT2D eigenvalue weighted by molar-refractivity contribution is 7.85. The summed E-state index contributed by atoms with van der Waals surface area (Å²) in [6.07, 6.45) is 8.22. The van der Waals surface area contributed by atoms with Crippen molar-refractivity contribution in [1.29, 1.82) is 0 Å². The third-order valence-electron chi connectivity index (χ3n) is 9.09. The molecule has 50 heavy (non-hydrogen) atoms. The number of anilines is 2. The average Bonchev–Trinajstić information content (AvgIpc) is 3.60. The fourth-order valence-corrected chi connectivity index (χ4v) is 6.65. The normalized spacial score (nSPS) is 18.6. The van der Waals surface area contributed by atoms with Gasteiger partial charge in [-0.2, -0.15) is 13.4 Å². The summed E-state index contributed by atoms with van der Waals surface area (Å²) >= 11 is 0. The zero-order chi connectivity index (χ0) is 35.8. The van der Waals surface area contributed by atoms with E-state index in [4.69, 9.17) is 19.5 Å². The fourth-order valence-electron chi connectivity index (χ4n) is 6.17. The lowest BCUT2D eigenvalue weighted by Crippen LogP contribution is -2.48. The van der Waals surface area contributed by atoms with Gasteiger partial charge >= 0.3 is 6.01 Å². The molecule has 2 atom stereocenters. The number of piperidine rings is 2. The number of ether oxygens (including phenoxy) is 1. The second-order valence-electron chi connectivity index (χ2n) is 13.2. The van der Waals surface area contributed by atoms with Crippen molar-refractivity contribution in [2.45, 2.75) is 75.6 Å². The Morgan fingerprint density at radius 3 is 2.32 bits per heavy atom. The maximum Gasteiger partial charge on any atom is 0.324 e. The van der Waals surface area contributed by atoms with Crippen molar-refractivity contribution in [3.63, 3.8) is 0 Å². The summed E-state index contributed by atoms with van der Waals surface area (Å²) in [5.41, 5.74) is 7.65. The Balaban J connectivity index is 0.000000377. The van der Waals surface area contributed by atoms with Crippen molar-refractivity contribution in [3.8, 4) is 5.75 Å². The van der Waals surface area contributed by atoms with Crippen LogP contribution in [-0.4, -0.2) is 71.9 Å². The molecule has 2 aromatic carbocycles. The van der Waals surface area contributed by atoms with Crippen LogP contribution in [0.4, 0.5) is 20.7 Å². The predicted molar refractivity (Wildman–Crippen MR) is 185 cm³/mol. The second kappa shape index (κ2) is 16.7. The van der Waals surface area contributed by atoms with Gasteiger partial charge in [0.2, 0.25) is 5.95 Å². The Kier molecular flexibility index (Phi) is 12.4. The van der Waals surface area contributed by atoms with E-state index in [9.17, 15) is 17.2 Å². The van der Waals surface area contributed by atoms with Gasteiger partial charge in [-0.25, -0.2) is 18.7 Å². The molecule has 2 fully saturated rings. The van der Waals surface area contributed by atoms with Gasteiger partial charge < -0.3 is 24.8 Å². The highest BCUT2D eigenvalue weighted by Crippen LogP contribution is 2.31. The number of aryl methyl sites for hydroxylation is 1. The summed E-state index contributed by atoms with van der Waals surface area (Å²) in [6, 6.07) is 9.80. The Hall–Kier alpha value is -4.21. The maximum atomic E-state index is 14.2. The summed E-state index contributed by atoms with van der Waals surface area (Å²) < 4.78 is 68.8. The Labute approximate surface area is 291 Å². The molecule has 4 heterocycles. The topological polar surface area (TPSA) is 161 Å². The van der Waals surface area contributed by atoms with Crippen molar-refractivity contribution in [1.82, 2.24) is 20.1 Å². The second-order valence-corrected chi connectivity index (χ2v) is 14.6. The highest BCUT2D eigenvalue weighted by atomic mass is 32.2. The molecule has 0 amide bonds. The first-order chi connectivity index (χ1) is 23.9. The van der Waals surface area contributed by atoms with Crippen LogP contribution in [-0.2, 0) is 10.1 Å². The smallest absolute Gasteiger partial charge is 0.324 e. The Morgan fingerprint density at radius 2 is 1.70 bits per heavy atom. The average molecular weight is 714 g/mol. The molecule has 15 heteroatoms. The van der Waals surface area contributed by atoms with Crippen LogP contribution in [0.2, 0.25) is 0 Å². The van der Waals surface area contributed by atoms with Crippen LogP contribution in [0.25, 0.3) is 0 Å². The molecule has 2 saturated heterocycles. The van der Waals surface area contributed by atoms with Gasteiger partial charge in [0.25, 0.3) is 10.1 Å². The maximum absolute atomic E-state index is 14.2. The number of hydrogen-bond acceptors (Lipinski definition) is 11. The molecule has 0 spiro atoms. The SMILES string of the molecule is CC(C)c1noc(N2CCC(CCCOc3cnc(N4CC[C@@H](c5cc(F)ccc5F)[C@H](N)C4)nc3)CC2)n1.Cc1ccc(S(=O)(=O)O)cc1. The molecular formula is C35H45F2N7O5S. The van der Waals surface area contributed by atoms with Gasteiger partial charge in [0.15, 0.2) is 11.6 Å². The number of rotatable bonds is 10. The van der Waals surface area contributed by atoms with E-state index in [1.807, 2.05) is 11.8 Å². The van der Waals surface area contributed by atoms with Crippen molar-refractivity contribution >= 4 is 22.1 Å². The van der Waals surface area contributed by atoms with E-state index >= 15 is 0 Å². The standard InChI is InChI=1S/C28H37F2N7O2.C7H8O3S/c1-18(2)26-34-28(39-35-26)36-10-7-19(8-11-36)4-3-13-38-21-15-32-27(33-16-21)37-12-9-22(25(31)17-37)23-14-20(29)5-6-24(23)30;1-6-2-4-7(5-3-6)11(8,9)10/h5-6,14-16,18-19,22,25H,3-4,7-13,17,31H2,1-2H3;2-5H,1H3,(H,8,9,10)/t22-,25+;/m0./s1. The summed E-state index contributed by atoms with van der Waals surface area (Å²) in [5.74, 6) is 1.75. The monoisotopic (exact) mass is 713 g/mol. The lowest BCUT2D eigenvalue weighted by atomic mass is 9.85. The van der Waals surface area contributed by atoms with Crippen LogP contribution in [0, 0.1) is 24.5 Å². The third kappa shape index (κ3) is 9.94. The molecule has 2 aliphatic heterocycles.